The number of pyridine rings is 1. The van der Waals surface area contributed by atoms with E-state index in [1.807, 2.05) is 6.07 Å². The minimum absolute atomic E-state index is 0.234. The molecule has 1 aromatic rings. The van der Waals surface area contributed by atoms with Gasteiger partial charge in [-0.05, 0) is 42.7 Å². The Morgan fingerprint density at radius 3 is 3.06 bits per heavy atom. The number of halogens is 1. The molecular formula is C14H21ClN2. The highest BCUT2D eigenvalue weighted by molar-refractivity contribution is 6.31. The van der Waals surface area contributed by atoms with Crippen LogP contribution in [0.15, 0.2) is 18.5 Å². The van der Waals surface area contributed by atoms with E-state index < -0.39 is 0 Å². The fourth-order valence-corrected chi connectivity index (χ4v) is 3.06. The smallest absolute Gasteiger partial charge is 0.0621 e. The summed E-state index contributed by atoms with van der Waals surface area (Å²) in [5.41, 5.74) is 7.46. The van der Waals surface area contributed by atoms with E-state index in [1.54, 1.807) is 12.4 Å². The first-order valence-corrected chi connectivity index (χ1v) is 6.88. The predicted octanol–water partition coefficient (Wildman–Crippen LogP) is 3.43. The minimum atomic E-state index is 0.234. The summed E-state index contributed by atoms with van der Waals surface area (Å²) in [5.74, 6) is 1.48. The summed E-state index contributed by atoms with van der Waals surface area (Å²) in [6, 6.07) is 2.21. The van der Waals surface area contributed by atoms with Gasteiger partial charge in [-0.25, -0.2) is 0 Å². The summed E-state index contributed by atoms with van der Waals surface area (Å²) in [6.45, 7) is 2.33. The van der Waals surface area contributed by atoms with Crippen LogP contribution in [0, 0.1) is 11.8 Å². The van der Waals surface area contributed by atoms with Gasteiger partial charge in [-0.15, -0.1) is 0 Å². The Hall–Kier alpha value is -0.600. The van der Waals surface area contributed by atoms with E-state index in [4.69, 9.17) is 17.3 Å². The highest BCUT2D eigenvalue weighted by Gasteiger charge is 2.24. The molecule has 3 unspecified atom stereocenters. The monoisotopic (exact) mass is 252 g/mol. The van der Waals surface area contributed by atoms with Gasteiger partial charge in [0, 0.05) is 18.4 Å². The highest BCUT2D eigenvalue weighted by Crippen LogP contribution is 2.31. The van der Waals surface area contributed by atoms with Gasteiger partial charge in [-0.1, -0.05) is 31.4 Å². The van der Waals surface area contributed by atoms with Crippen molar-refractivity contribution in [1.29, 1.82) is 0 Å². The van der Waals surface area contributed by atoms with Gasteiger partial charge in [-0.2, -0.15) is 0 Å². The van der Waals surface area contributed by atoms with Crippen LogP contribution in [0.2, 0.25) is 5.02 Å². The summed E-state index contributed by atoms with van der Waals surface area (Å²) in [4.78, 5) is 4.00. The van der Waals surface area contributed by atoms with Crippen molar-refractivity contribution >= 4 is 11.6 Å². The molecule has 1 aliphatic carbocycles. The van der Waals surface area contributed by atoms with Crippen LogP contribution in [-0.4, -0.2) is 11.0 Å². The summed E-state index contributed by atoms with van der Waals surface area (Å²) in [7, 11) is 0. The van der Waals surface area contributed by atoms with Gasteiger partial charge in [0.2, 0.25) is 0 Å². The maximum atomic E-state index is 6.33. The molecule has 2 nitrogen and oxygen atoms in total. The number of hydrogen-bond acceptors (Lipinski definition) is 2. The minimum Gasteiger partial charge on any atom is -0.327 e. The standard InChI is InChI=1S/C14H21ClN2/c1-10-3-2-4-12(7-10)14(16)8-11-5-6-17-9-13(11)15/h5-6,9-10,12,14H,2-4,7-8,16H2,1H3. The van der Waals surface area contributed by atoms with Crippen molar-refractivity contribution in [3.8, 4) is 0 Å². The van der Waals surface area contributed by atoms with Crippen molar-refractivity contribution in [1.82, 2.24) is 4.98 Å². The Morgan fingerprint density at radius 2 is 2.35 bits per heavy atom. The average molecular weight is 253 g/mol. The molecule has 2 rings (SSSR count). The molecule has 0 aromatic carbocycles. The molecule has 0 saturated heterocycles. The molecule has 2 N–H and O–H groups in total. The molecule has 1 saturated carbocycles. The van der Waals surface area contributed by atoms with E-state index in [2.05, 4.69) is 11.9 Å². The lowest BCUT2D eigenvalue weighted by molar-refractivity contribution is 0.245. The normalized spacial score (nSPS) is 26.8. The van der Waals surface area contributed by atoms with Gasteiger partial charge in [0.1, 0.15) is 0 Å². The zero-order valence-corrected chi connectivity index (χ0v) is 11.2. The quantitative estimate of drug-likeness (QED) is 0.895. The van der Waals surface area contributed by atoms with Crippen LogP contribution in [0.3, 0.4) is 0 Å². The Balaban J connectivity index is 1.96. The lowest BCUT2D eigenvalue weighted by atomic mass is 9.77. The summed E-state index contributed by atoms with van der Waals surface area (Å²) < 4.78 is 0. The van der Waals surface area contributed by atoms with Crippen LogP contribution in [0.25, 0.3) is 0 Å². The molecule has 0 amide bonds. The number of rotatable bonds is 3. The number of aromatic nitrogens is 1. The third kappa shape index (κ3) is 3.43. The van der Waals surface area contributed by atoms with Crippen molar-refractivity contribution in [2.24, 2.45) is 17.6 Å². The van der Waals surface area contributed by atoms with Crippen LogP contribution in [0.5, 0.6) is 0 Å². The summed E-state index contributed by atoms with van der Waals surface area (Å²) >= 11 is 6.12. The second kappa shape index (κ2) is 5.83. The molecule has 94 valence electrons. The maximum Gasteiger partial charge on any atom is 0.0621 e. The number of nitrogens with zero attached hydrogens (tertiary/aromatic N) is 1. The fraction of sp³-hybridized carbons (Fsp3) is 0.643. The van der Waals surface area contributed by atoms with Gasteiger partial charge in [0.05, 0.1) is 5.02 Å². The van der Waals surface area contributed by atoms with Crippen LogP contribution in [0.4, 0.5) is 0 Å². The third-order valence-corrected chi connectivity index (χ3v) is 4.23. The Labute approximate surface area is 109 Å². The second-order valence-corrected chi connectivity index (χ2v) is 5.77. The maximum absolute atomic E-state index is 6.33. The Morgan fingerprint density at radius 1 is 1.53 bits per heavy atom. The topological polar surface area (TPSA) is 38.9 Å². The average Bonchev–Trinajstić information content (AvgIpc) is 2.32. The molecule has 0 bridgehead atoms. The van der Waals surface area contributed by atoms with E-state index in [0.29, 0.717) is 5.92 Å². The lowest BCUT2D eigenvalue weighted by Crippen LogP contribution is -2.35. The summed E-state index contributed by atoms with van der Waals surface area (Å²) in [6.07, 6.45) is 9.59. The van der Waals surface area contributed by atoms with E-state index in [9.17, 15) is 0 Å². The van der Waals surface area contributed by atoms with Crippen molar-refractivity contribution in [2.75, 3.05) is 0 Å². The Kier molecular flexibility index (Phi) is 4.41. The van der Waals surface area contributed by atoms with Gasteiger partial charge in [-0.3, -0.25) is 4.98 Å². The van der Waals surface area contributed by atoms with Gasteiger partial charge < -0.3 is 5.73 Å². The van der Waals surface area contributed by atoms with Gasteiger partial charge in [0.15, 0.2) is 0 Å². The highest BCUT2D eigenvalue weighted by atomic mass is 35.5. The van der Waals surface area contributed by atoms with Crippen LogP contribution in [0.1, 0.15) is 38.2 Å². The first-order chi connectivity index (χ1) is 8.16. The molecule has 1 fully saturated rings. The molecular weight excluding hydrogens is 232 g/mol. The van der Waals surface area contributed by atoms with E-state index in [1.165, 1.54) is 25.7 Å². The first-order valence-electron chi connectivity index (χ1n) is 6.50. The van der Waals surface area contributed by atoms with Crippen LogP contribution < -0.4 is 5.73 Å². The second-order valence-electron chi connectivity index (χ2n) is 5.37. The van der Waals surface area contributed by atoms with Crippen molar-refractivity contribution < 1.29 is 0 Å². The molecule has 1 aromatic heterocycles. The van der Waals surface area contributed by atoms with E-state index in [0.717, 1.165) is 22.9 Å². The van der Waals surface area contributed by atoms with Gasteiger partial charge in [0.25, 0.3) is 0 Å². The molecule has 0 aliphatic heterocycles. The first kappa shape index (κ1) is 12.8. The zero-order valence-electron chi connectivity index (χ0n) is 10.4. The largest absolute Gasteiger partial charge is 0.327 e. The van der Waals surface area contributed by atoms with E-state index in [-0.39, 0.29) is 6.04 Å². The fourth-order valence-electron chi connectivity index (χ4n) is 2.86. The summed E-state index contributed by atoms with van der Waals surface area (Å²) in [5, 5.41) is 0.742. The predicted molar refractivity (Wildman–Crippen MR) is 72.0 cm³/mol. The van der Waals surface area contributed by atoms with Crippen molar-refractivity contribution in [2.45, 2.75) is 45.1 Å². The molecule has 3 heteroatoms. The van der Waals surface area contributed by atoms with Crippen molar-refractivity contribution in [3.05, 3.63) is 29.0 Å². The van der Waals surface area contributed by atoms with E-state index >= 15 is 0 Å². The molecule has 0 spiro atoms. The Bertz CT molecular complexity index is 367. The molecule has 0 radical (unpaired) electrons. The molecule has 1 aliphatic rings. The molecule has 1 heterocycles. The third-order valence-electron chi connectivity index (χ3n) is 3.89. The van der Waals surface area contributed by atoms with Crippen LogP contribution >= 0.6 is 11.6 Å². The molecule has 17 heavy (non-hydrogen) atoms. The lowest BCUT2D eigenvalue weighted by Gasteiger charge is -2.31. The number of hydrogen-bond donors (Lipinski definition) is 1. The number of nitrogens with two attached hydrogens (primary N) is 1. The van der Waals surface area contributed by atoms with Crippen molar-refractivity contribution in [3.63, 3.8) is 0 Å². The van der Waals surface area contributed by atoms with Gasteiger partial charge >= 0.3 is 0 Å². The van der Waals surface area contributed by atoms with Crippen LogP contribution in [-0.2, 0) is 6.42 Å². The molecule has 3 atom stereocenters. The zero-order chi connectivity index (χ0) is 12.3. The SMILES string of the molecule is CC1CCCC(C(N)Cc2ccncc2Cl)C1.